The lowest BCUT2D eigenvalue weighted by molar-refractivity contribution is 0.102. The molecule has 1 aliphatic rings. The molecule has 4 rings (SSSR count). The summed E-state index contributed by atoms with van der Waals surface area (Å²) in [7, 11) is 1.62. The number of carbonyl (C=O) groups excluding carboxylic acids is 1. The van der Waals surface area contributed by atoms with E-state index in [0.29, 0.717) is 17.2 Å². The molecule has 27 heavy (non-hydrogen) atoms. The number of benzene rings is 1. The topological polar surface area (TPSA) is 70.2 Å². The number of methoxy groups -OCH3 is 1. The van der Waals surface area contributed by atoms with Gasteiger partial charge in [0.25, 0.3) is 5.22 Å². The fourth-order valence-corrected chi connectivity index (χ4v) is 3.92. The summed E-state index contributed by atoms with van der Waals surface area (Å²) in [5.41, 5.74) is 3.82. The van der Waals surface area contributed by atoms with Gasteiger partial charge in [0, 0.05) is 28.6 Å². The number of aromatic nitrogens is 3. The second-order valence-electron chi connectivity index (χ2n) is 6.70. The van der Waals surface area contributed by atoms with E-state index in [4.69, 9.17) is 9.15 Å². The van der Waals surface area contributed by atoms with Crippen LogP contribution in [0.2, 0.25) is 0 Å². The van der Waals surface area contributed by atoms with Gasteiger partial charge in [-0.25, -0.2) is 0 Å². The molecule has 0 amide bonds. The summed E-state index contributed by atoms with van der Waals surface area (Å²) < 4.78 is 13.1. The highest BCUT2D eigenvalue weighted by molar-refractivity contribution is 7.99. The molecule has 0 spiro atoms. The summed E-state index contributed by atoms with van der Waals surface area (Å²) in [6.07, 6.45) is 2.41. The van der Waals surface area contributed by atoms with Crippen LogP contribution in [0.25, 0.3) is 11.5 Å². The third-order valence-corrected chi connectivity index (χ3v) is 5.59. The van der Waals surface area contributed by atoms with E-state index in [1.807, 2.05) is 37.3 Å². The second kappa shape index (κ2) is 7.23. The molecule has 0 unspecified atom stereocenters. The molecule has 1 aromatic carbocycles. The van der Waals surface area contributed by atoms with Crippen molar-refractivity contribution < 1.29 is 13.9 Å². The zero-order valence-corrected chi connectivity index (χ0v) is 16.4. The number of thioether (sulfide) groups is 1. The van der Waals surface area contributed by atoms with E-state index in [0.717, 1.165) is 28.3 Å². The van der Waals surface area contributed by atoms with Crippen LogP contribution in [0.1, 0.15) is 40.6 Å². The standard InChI is InChI=1S/C20H21N3O3S/c1-12-10-17(13(2)23(12)15-6-7-15)18(24)11-27-20-22-21-19(26-20)14-4-8-16(25-3)9-5-14/h4-5,8-10,15H,6-7,11H2,1-3H3. The normalized spacial score (nSPS) is 13.7. The molecule has 0 N–H and O–H groups in total. The van der Waals surface area contributed by atoms with Gasteiger partial charge in [-0.05, 0) is 57.0 Å². The van der Waals surface area contributed by atoms with Crippen LogP contribution in [-0.2, 0) is 0 Å². The zero-order chi connectivity index (χ0) is 19.0. The monoisotopic (exact) mass is 383 g/mol. The largest absolute Gasteiger partial charge is 0.497 e. The van der Waals surface area contributed by atoms with Crippen LogP contribution in [-0.4, -0.2) is 33.4 Å². The molecule has 0 radical (unpaired) electrons. The Morgan fingerprint density at radius 2 is 2.00 bits per heavy atom. The molecule has 0 bridgehead atoms. The Bertz CT molecular complexity index is 971. The van der Waals surface area contributed by atoms with Gasteiger partial charge in [-0.1, -0.05) is 11.8 Å². The highest BCUT2D eigenvalue weighted by Crippen LogP contribution is 2.38. The van der Waals surface area contributed by atoms with Gasteiger partial charge in [-0.15, -0.1) is 10.2 Å². The Kier molecular flexibility index (Phi) is 4.78. The minimum absolute atomic E-state index is 0.0872. The lowest BCUT2D eigenvalue weighted by Gasteiger charge is -2.07. The Hall–Kier alpha value is -2.54. The molecule has 140 valence electrons. The van der Waals surface area contributed by atoms with Gasteiger partial charge in [0.1, 0.15) is 5.75 Å². The van der Waals surface area contributed by atoms with E-state index in [9.17, 15) is 4.79 Å². The lowest BCUT2D eigenvalue weighted by atomic mass is 10.2. The third kappa shape index (κ3) is 3.64. The number of hydrogen-bond acceptors (Lipinski definition) is 6. The van der Waals surface area contributed by atoms with E-state index in [1.165, 1.54) is 24.6 Å². The van der Waals surface area contributed by atoms with Crippen molar-refractivity contribution in [3.63, 3.8) is 0 Å². The summed E-state index contributed by atoms with van der Waals surface area (Å²) in [6, 6.07) is 9.96. The van der Waals surface area contributed by atoms with E-state index in [1.54, 1.807) is 7.11 Å². The Balaban J connectivity index is 1.42. The molecule has 2 aromatic heterocycles. The van der Waals surface area contributed by atoms with Crippen molar-refractivity contribution in [2.24, 2.45) is 0 Å². The smallest absolute Gasteiger partial charge is 0.277 e. The van der Waals surface area contributed by atoms with E-state index in [2.05, 4.69) is 21.7 Å². The molecule has 0 saturated heterocycles. The number of carbonyl (C=O) groups is 1. The Morgan fingerprint density at radius 1 is 1.26 bits per heavy atom. The maximum absolute atomic E-state index is 12.7. The minimum atomic E-state index is 0.0872. The van der Waals surface area contributed by atoms with Crippen molar-refractivity contribution in [1.82, 2.24) is 14.8 Å². The molecule has 3 aromatic rings. The molecular formula is C20H21N3O3S. The van der Waals surface area contributed by atoms with Gasteiger partial charge >= 0.3 is 0 Å². The first-order chi connectivity index (χ1) is 13.1. The fraction of sp³-hybridized carbons (Fsp3) is 0.350. The predicted molar refractivity (Wildman–Crippen MR) is 104 cm³/mol. The lowest BCUT2D eigenvalue weighted by Crippen LogP contribution is -2.05. The van der Waals surface area contributed by atoms with E-state index >= 15 is 0 Å². The van der Waals surface area contributed by atoms with Gasteiger partial charge in [0.2, 0.25) is 5.89 Å². The molecule has 6 nitrogen and oxygen atoms in total. The summed E-state index contributed by atoms with van der Waals surface area (Å²) in [5, 5.41) is 8.50. The molecule has 1 fully saturated rings. The summed E-state index contributed by atoms with van der Waals surface area (Å²) in [4.78, 5) is 12.7. The maximum Gasteiger partial charge on any atom is 0.277 e. The number of aryl methyl sites for hydroxylation is 1. The van der Waals surface area contributed by atoms with Gasteiger partial charge < -0.3 is 13.7 Å². The van der Waals surface area contributed by atoms with Gasteiger partial charge in [0.05, 0.1) is 12.9 Å². The Labute approximate surface area is 161 Å². The quantitative estimate of drug-likeness (QED) is 0.443. The zero-order valence-electron chi connectivity index (χ0n) is 15.6. The second-order valence-corrected chi connectivity index (χ2v) is 7.63. The molecule has 7 heteroatoms. The van der Waals surface area contributed by atoms with Crippen molar-refractivity contribution >= 4 is 17.5 Å². The first-order valence-electron chi connectivity index (χ1n) is 8.89. The van der Waals surface area contributed by atoms with Crippen LogP contribution in [0.5, 0.6) is 5.75 Å². The van der Waals surface area contributed by atoms with E-state index in [-0.39, 0.29) is 11.5 Å². The first-order valence-corrected chi connectivity index (χ1v) is 9.87. The highest BCUT2D eigenvalue weighted by atomic mass is 32.2. The number of hydrogen-bond donors (Lipinski definition) is 0. The number of ketones is 1. The van der Waals surface area contributed by atoms with Crippen molar-refractivity contribution in [3.05, 3.63) is 47.3 Å². The van der Waals surface area contributed by atoms with Gasteiger partial charge in [0.15, 0.2) is 5.78 Å². The fourth-order valence-electron chi connectivity index (χ4n) is 3.28. The molecule has 1 aliphatic carbocycles. The SMILES string of the molecule is COc1ccc(-c2nnc(SCC(=O)c3cc(C)n(C4CC4)c3C)o2)cc1. The molecule has 0 atom stereocenters. The predicted octanol–water partition coefficient (Wildman–Crippen LogP) is 4.47. The number of rotatable bonds is 7. The highest BCUT2D eigenvalue weighted by Gasteiger charge is 2.28. The van der Waals surface area contributed by atoms with Crippen molar-refractivity contribution in [2.45, 2.75) is 38.0 Å². The van der Waals surface area contributed by atoms with Crippen LogP contribution in [0.4, 0.5) is 0 Å². The average molecular weight is 383 g/mol. The molecule has 2 heterocycles. The average Bonchev–Trinajstić information content (AvgIpc) is 3.31. The summed E-state index contributed by atoms with van der Waals surface area (Å²) in [5.74, 6) is 1.56. The number of nitrogens with zero attached hydrogens (tertiary/aromatic N) is 3. The van der Waals surface area contributed by atoms with Gasteiger partial charge in [-0.2, -0.15) is 0 Å². The van der Waals surface area contributed by atoms with Crippen LogP contribution in [0.15, 0.2) is 40.0 Å². The number of ether oxygens (including phenoxy) is 1. The van der Waals surface area contributed by atoms with Crippen molar-refractivity contribution in [1.29, 1.82) is 0 Å². The van der Waals surface area contributed by atoms with Crippen molar-refractivity contribution in [3.8, 4) is 17.2 Å². The first kappa shape index (κ1) is 17.9. The molecule has 0 aliphatic heterocycles. The third-order valence-electron chi connectivity index (χ3n) is 4.77. The van der Waals surface area contributed by atoms with Crippen LogP contribution in [0, 0.1) is 13.8 Å². The van der Waals surface area contributed by atoms with Crippen LogP contribution < -0.4 is 4.74 Å². The number of Topliss-reactive ketones (excluding diaryl/α,β-unsaturated/α-hetero) is 1. The van der Waals surface area contributed by atoms with Crippen LogP contribution >= 0.6 is 11.8 Å². The minimum Gasteiger partial charge on any atom is -0.497 e. The Morgan fingerprint density at radius 3 is 2.67 bits per heavy atom. The summed E-state index contributed by atoms with van der Waals surface area (Å²) in [6.45, 7) is 4.09. The van der Waals surface area contributed by atoms with E-state index < -0.39 is 0 Å². The van der Waals surface area contributed by atoms with Gasteiger partial charge in [-0.3, -0.25) is 4.79 Å². The molecular weight excluding hydrogens is 362 g/mol. The van der Waals surface area contributed by atoms with Crippen molar-refractivity contribution in [2.75, 3.05) is 12.9 Å². The maximum atomic E-state index is 12.7. The molecule has 1 saturated carbocycles. The summed E-state index contributed by atoms with van der Waals surface area (Å²) >= 11 is 1.27. The van der Waals surface area contributed by atoms with Crippen LogP contribution in [0.3, 0.4) is 0 Å².